The summed E-state index contributed by atoms with van der Waals surface area (Å²) in [5.41, 5.74) is 1.91. The van der Waals surface area contributed by atoms with Crippen LogP contribution < -0.4 is 9.62 Å². The maximum atomic E-state index is 12.1. The molecule has 0 aliphatic carbocycles. The second-order valence-electron chi connectivity index (χ2n) is 5.30. The van der Waals surface area contributed by atoms with Gasteiger partial charge in [-0.1, -0.05) is 26.0 Å². The molecule has 0 radical (unpaired) electrons. The minimum absolute atomic E-state index is 0.265. The van der Waals surface area contributed by atoms with Gasteiger partial charge in [0.05, 0.1) is 11.4 Å². The molecule has 0 aromatic heterocycles. The van der Waals surface area contributed by atoms with Gasteiger partial charge in [0.2, 0.25) is 10.0 Å². The van der Waals surface area contributed by atoms with Gasteiger partial charge in [0.1, 0.15) is 0 Å². The van der Waals surface area contributed by atoms with Crippen LogP contribution in [0.2, 0.25) is 0 Å². The lowest BCUT2D eigenvalue weighted by Crippen LogP contribution is -2.37. The lowest BCUT2D eigenvalue weighted by atomic mass is 10.2. The molecule has 1 heterocycles. The molecule has 1 aliphatic rings. The van der Waals surface area contributed by atoms with Crippen molar-refractivity contribution in [1.29, 1.82) is 0 Å². The third-order valence-corrected chi connectivity index (χ3v) is 5.13. The summed E-state index contributed by atoms with van der Waals surface area (Å²) in [6.45, 7) is 5.56. The largest absolute Gasteiger partial charge is 0.310 e. The highest BCUT2D eigenvalue weighted by atomic mass is 32.2. The van der Waals surface area contributed by atoms with E-state index < -0.39 is 10.0 Å². The van der Waals surface area contributed by atoms with Gasteiger partial charge in [-0.05, 0) is 30.5 Å². The van der Waals surface area contributed by atoms with Gasteiger partial charge in [0.15, 0.2) is 0 Å². The number of hydrogen-bond acceptors (Lipinski definition) is 3. The molecule has 0 amide bonds. The number of benzene rings is 1. The summed E-state index contributed by atoms with van der Waals surface area (Å²) >= 11 is 0. The van der Waals surface area contributed by atoms with Crippen LogP contribution in [-0.2, 0) is 16.6 Å². The van der Waals surface area contributed by atoms with Crippen molar-refractivity contribution in [3.05, 3.63) is 29.8 Å². The van der Waals surface area contributed by atoms with Crippen LogP contribution in [0, 0.1) is 0 Å². The molecule has 0 unspecified atom stereocenters. The van der Waals surface area contributed by atoms with Crippen LogP contribution in [0.15, 0.2) is 24.3 Å². The predicted molar refractivity (Wildman–Crippen MR) is 78.8 cm³/mol. The Morgan fingerprint density at radius 1 is 1.32 bits per heavy atom. The Bertz CT molecular complexity index is 526. The Balaban J connectivity index is 2.18. The molecule has 1 aromatic rings. The Kier molecular flexibility index (Phi) is 4.47. The molecular weight excluding hydrogens is 260 g/mol. The summed E-state index contributed by atoms with van der Waals surface area (Å²) in [5, 5.41) is 3.34. The van der Waals surface area contributed by atoms with E-state index in [1.807, 2.05) is 24.3 Å². The van der Waals surface area contributed by atoms with Gasteiger partial charge in [-0.3, -0.25) is 4.31 Å². The normalized spacial score (nSPS) is 18.8. The highest BCUT2D eigenvalue weighted by molar-refractivity contribution is 7.92. The van der Waals surface area contributed by atoms with Crippen molar-refractivity contribution in [1.82, 2.24) is 5.32 Å². The van der Waals surface area contributed by atoms with Gasteiger partial charge in [-0.2, -0.15) is 0 Å². The Hall–Kier alpha value is -1.07. The molecule has 106 valence electrons. The fourth-order valence-corrected chi connectivity index (χ4v) is 3.85. The first-order valence-electron chi connectivity index (χ1n) is 6.82. The van der Waals surface area contributed by atoms with E-state index in [0.29, 0.717) is 12.6 Å². The van der Waals surface area contributed by atoms with E-state index in [9.17, 15) is 8.42 Å². The van der Waals surface area contributed by atoms with Crippen molar-refractivity contribution in [2.45, 2.75) is 39.3 Å². The van der Waals surface area contributed by atoms with Crippen molar-refractivity contribution in [3.8, 4) is 0 Å². The molecule has 19 heavy (non-hydrogen) atoms. The monoisotopic (exact) mass is 282 g/mol. The highest BCUT2D eigenvalue weighted by Crippen LogP contribution is 2.24. The molecule has 4 nitrogen and oxygen atoms in total. The van der Waals surface area contributed by atoms with Crippen LogP contribution in [0.4, 0.5) is 5.69 Å². The van der Waals surface area contributed by atoms with E-state index in [1.54, 1.807) is 4.31 Å². The Labute approximate surface area is 115 Å². The molecule has 0 spiro atoms. The van der Waals surface area contributed by atoms with Crippen molar-refractivity contribution in [3.63, 3.8) is 0 Å². The third-order valence-electron chi connectivity index (χ3n) is 3.26. The number of hydrogen-bond donors (Lipinski definition) is 1. The van der Waals surface area contributed by atoms with Gasteiger partial charge in [0.25, 0.3) is 0 Å². The quantitative estimate of drug-likeness (QED) is 0.920. The smallest absolute Gasteiger partial charge is 0.235 e. The average molecular weight is 282 g/mol. The predicted octanol–water partition coefficient (Wildman–Crippen LogP) is 2.11. The zero-order valence-corrected chi connectivity index (χ0v) is 12.4. The number of anilines is 1. The van der Waals surface area contributed by atoms with Crippen LogP contribution in [0.25, 0.3) is 0 Å². The van der Waals surface area contributed by atoms with E-state index in [4.69, 9.17) is 0 Å². The Morgan fingerprint density at radius 3 is 2.79 bits per heavy atom. The zero-order valence-electron chi connectivity index (χ0n) is 11.6. The summed E-state index contributed by atoms with van der Waals surface area (Å²) in [6.07, 6.45) is 1.71. The third kappa shape index (κ3) is 3.70. The van der Waals surface area contributed by atoms with Crippen LogP contribution in [0.3, 0.4) is 0 Å². The standard InChI is InChI=1S/C14H22N2O2S/c1-12(2)15-11-13-6-5-7-14(10-13)16-8-3-4-9-19(16,17)18/h5-7,10,12,15H,3-4,8-9,11H2,1-2H3. The second kappa shape index (κ2) is 5.92. The molecule has 1 aliphatic heterocycles. The summed E-state index contributed by atoms with van der Waals surface area (Å²) in [5.74, 6) is 0.265. The van der Waals surface area contributed by atoms with Gasteiger partial charge in [-0.15, -0.1) is 0 Å². The lowest BCUT2D eigenvalue weighted by Gasteiger charge is -2.28. The van der Waals surface area contributed by atoms with Gasteiger partial charge in [0, 0.05) is 19.1 Å². The highest BCUT2D eigenvalue weighted by Gasteiger charge is 2.25. The summed E-state index contributed by atoms with van der Waals surface area (Å²) < 4.78 is 25.7. The fourth-order valence-electron chi connectivity index (χ4n) is 2.22. The molecule has 0 bridgehead atoms. The van der Waals surface area contributed by atoms with E-state index in [-0.39, 0.29) is 5.75 Å². The van der Waals surface area contributed by atoms with Gasteiger partial charge < -0.3 is 5.32 Å². The molecule has 2 rings (SSSR count). The molecular formula is C14H22N2O2S. The van der Waals surface area contributed by atoms with E-state index in [2.05, 4.69) is 19.2 Å². The van der Waals surface area contributed by atoms with E-state index in [0.717, 1.165) is 30.6 Å². The van der Waals surface area contributed by atoms with Crippen LogP contribution in [0.1, 0.15) is 32.3 Å². The molecule has 0 saturated carbocycles. The lowest BCUT2D eigenvalue weighted by molar-refractivity contribution is 0.574. The van der Waals surface area contributed by atoms with E-state index in [1.165, 1.54) is 0 Å². The first kappa shape index (κ1) is 14.3. The zero-order chi connectivity index (χ0) is 13.9. The summed E-state index contributed by atoms with van der Waals surface area (Å²) in [7, 11) is -3.11. The first-order chi connectivity index (χ1) is 8.99. The molecule has 1 N–H and O–H groups in total. The minimum atomic E-state index is -3.11. The van der Waals surface area contributed by atoms with Crippen molar-refractivity contribution >= 4 is 15.7 Å². The molecule has 5 heteroatoms. The number of nitrogens with zero attached hydrogens (tertiary/aromatic N) is 1. The molecule has 0 atom stereocenters. The van der Waals surface area contributed by atoms with Crippen molar-refractivity contribution in [2.24, 2.45) is 0 Å². The topological polar surface area (TPSA) is 49.4 Å². The molecule has 1 fully saturated rings. The van der Waals surface area contributed by atoms with Gasteiger partial charge in [-0.25, -0.2) is 8.42 Å². The van der Waals surface area contributed by atoms with Crippen LogP contribution >= 0.6 is 0 Å². The summed E-state index contributed by atoms with van der Waals surface area (Å²) in [4.78, 5) is 0. The van der Waals surface area contributed by atoms with Crippen LogP contribution in [-0.4, -0.2) is 26.8 Å². The Morgan fingerprint density at radius 2 is 2.11 bits per heavy atom. The fraction of sp³-hybridized carbons (Fsp3) is 0.571. The second-order valence-corrected chi connectivity index (χ2v) is 7.31. The minimum Gasteiger partial charge on any atom is -0.310 e. The van der Waals surface area contributed by atoms with Crippen molar-refractivity contribution < 1.29 is 8.42 Å². The SMILES string of the molecule is CC(C)NCc1cccc(N2CCCCS2(=O)=O)c1. The average Bonchev–Trinajstić information content (AvgIpc) is 2.36. The number of nitrogens with one attached hydrogen (secondary N) is 1. The number of rotatable bonds is 4. The van der Waals surface area contributed by atoms with Gasteiger partial charge >= 0.3 is 0 Å². The van der Waals surface area contributed by atoms with Crippen LogP contribution in [0.5, 0.6) is 0 Å². The van der Waals surface area contributed by atoms with Crippen molar-refractivity contribution in [2.75, 3.05) is 16.6 Å². The summed E-state index contributed by atoms with van der Waals surface area (Å²) in [6, 6.07) is 8.22. The maximum absolute atomic E-state index is 12.1. The molecule has 1 aromatic carbocycles. The van der Waals surface area contributed by atoms with E-state index >= 15 is 0 Å². The number of sulfonamides is 1. The molecule has 1 saturated heterocycles. The maximum Gasteiger partial charge on any atom is 0.235 e. The first-order valence-corrected chi connectivity index (χ1v) is 8.43.